The summed E-state index contributed by atoms with van der Waals surface area (Å²) in [6.07, 6.45) is -3.88. The average molecular weight is 334 g/mol. The van der Waals surface area contributed by atoms with E-state index < -0.39 is 27.1 Å². The van der Waals surface area contributed by atoms with Crippen molar-refractivity contribution in [1.29, 1.82) is 5.26 Å². The Morgan fingerprint density at radius 3 is 2.64 bits per heavy atom. The highest BCUT2D eigenvalue weighted by Gasteiger charge is 2.35. The molecule has 1 fully saturated rings. The summed E-state index contributed by atoms with van der Waals surface area (Å²) in [7, 11) is -3.80. The number of piperidine rings is 1. The zero-order valence-electron chi connectivity index (χ0n) is 11.3. The van der Waals surface area contributed by atoms with E-state index in [4.69, 9.17) is 10.4 Å². The molecule has 120 valence electrons. The van der Waals surface area contributed by atoms with Gasteiger partial charge in [0.15, 0.2) is 0 Å². The molecule has 0 bridgehead atoms. The van der Waals surface area contributed by atoms with Crippen molar-refractivity contribution < 1.29 is 21.6 Å². The monoisotopic (exact) mass is 334 g/mol. The summed E-state index contributed by atoms with van der Waals surface area (Å²) >= 11 is 0. The second-order valence-corrected chi connectivity index (χ2v) is 6.82. The molecule has 0 radical (unpaired) electrons. The molecule has 1 atom stereocenters. The van der Waals surface area contributed by atoms with Crippen molar-refractivity contribution in [2.24, 2.45) is 5.14 Å². The Labute approximate surface area is 125 Å². The maximum absolute atomic E-state index is 12.8. The topological polar surface area (TPSA) is 100 Å². The molecule has 2 heterocycles. The molecular weight excluding hydrogens is 321 g/mol. The molecular formula is C12H13F3N4O2S. The van der Waals surface area contributed by atoms with Gasteiger partial charge in [0.1, 0.15) is 17.6 Å². The summed E-state index contributed by atoms with van der Waals surface area (Å²) in [5.74, 6) is -0.161. The van der Waals surface area contributed by atoms with Gasteiger partial charge in [-0.25, -0.2) is 18.5 Å². The molecule has 0 amide bonds. The summed E-state index contributed by atoms with van der Waals surface area (Å²) in [5, 5.41) is 13.2. The molecule has 0 aromatic carbocycles. The number of rotatable bonds is 2. The zero-order chi connectivity index (χ0) is 16.5. The molecule has 1 aliphatic rings. The number of primary sulfonamides is 1. The van der Waals surface area contributed by atoms with E-state index in [0.717, 1.165) is 12.1 Å². The number of nitrogens with two attached hydrogens (primary N) is 1. The number of halogens is 3. The minimum absolute atomic E-state index is 0.0388. The molecule has 0 spiro atoms. The smallest absolute Gasteiger partial charge is 0.354 e. The van der Waals surface area contributed by atoms with E-state index in [1.54, 1.807) is 6.07 Å². The predicted octanol–water partition coefficient (Wildman–Crippen LogP) is 1.23. The Hall–Kier alpha value is -1.86. The highest BCUT2D eigenvalue weighted by molar-refractivity contribution is 7.89. The lowest BCUT2D eigenvalue weighted by Crippen LogP contribution is -2.45. The summed E-state index contributed by atoms with van der Waals surface area (Å²) in [5.41, 5.74) is -1.16. The van der Waals surface area contributed by atoms with Crippen LogP contribution in [0.5, 0.6) is 0 Å². The van der Waals surface area contributed by atoms with Gasteiger partial charge in [0, 0.05) is 13.1 Å². The minimum Gasteiger partial charge on any atom is -0.354 e. The number of hydrogen-bond acceptors (Lipinski definition) is 5. The van der Waals surface area contributed by atoms with E-state index >= 15 is 0 Å². The van der Waals surface area contributed by atoms with Gasteiger partial charge in [0.05, 0.1) is 10.8 Å². The van der Waals surface area contributed by atoms with E-state index in [0.29, 0.717) is 19.4 Å². The van der Waals surface area contributed by atoms with Gasteiger partial charge in [0.25, 0.3) is 0 Å². The second kappa shape index (κ2) is 5.73. The number of nitriles is 1. The van der Waals surface area contributed by atoms with Crippen LogP contribution in [-0.2, 0) is 16.2 Å². The maximum atomic E-state index is 12.8. The van der Waals surface area contributed by atoms with E-state index in [9.17, 15) is 21.6 Å². The Kier molecular flexibility index (Phi) is 4.30. The first-order valence-electron chi connectivity index (χ1n) is 6.38. The summed E-state index contributed by atoms with van der Waals surface area (Å²) in [6.45, 7) is 0.233. The van der Waals surface area contributed by atoms with Crippen LogP contribution in [0.4, 0.5) is 19.0 Å². The number of alkyl halides is 3. The molecule has 2 N–H and O–H groups in total. The van der Waals surface area contributed by atoms with Crippen molar-refractivity contribution >= 4 is 15.8 Å². The normalized spacial score (nSPS) is 19.8. The first kappa shape index (κ1) is 16.5. The van der Waals surface area contributed by atoms with Crippen LogP contribution in [0.15, 0.2) is 12.1 Å². The van der Waals surface area contributed by atoms with Crippen molar-refractivity contribution in [3.8, 4) is 6.07 Å². The van der Waals surface area contributed by atoms with E-state index in [2.05, 4.69) is 4.98 Å². The zero-order valence-corrected chi connectivity index (χ0v) is 12.2. The number of aromatic nitrogens is 1. The van der Waals surface area contributed by atoms with Crippen LogP contribution in [0.25, 0.3) is 0 Å². The summed E-state index contributed by atoms with van der Waals surface area (Å²) in [4.78, 5) is 4.87. The molecule has 2 rings (SSSR count). The standard InChI is InChI=1S/C12H13F3N4O2S/c13-12(14,15)10-4-3-8(6-16)11(18-10)19-5-1-2-9(7-19)22(17,20)21/h3-4,9H,1-2,5,7H2,(H2,17,20,21)/t9-/m0/s1. The summed E-state index contributed by atoms with van der Waals surface area (Å²) in [6, 6.07) is 3.53. The molecule has 1 aromatic rings. The van der Waals surface area contributed by atoms with Crippen LogP contribution < -0.4 is 10.0 Å². The van der Waals surface area contributed by atoms with Crippen LogP contribution in [-0.4, -0.2) is 31.7 Å². The Bertz CT molecular complexity index is 712. The molecule has 6 nitrogen and oxygen atoms in total. The number of sulfonamides is 1. The van der Waals surface area contributed by atoms with Crippen molar-refractivity contribution in [3.05, 3.63) is 23.4 Å². The van der Waals surface area contributed by atoms with Crippen LogP contribution in [0.1, 0.15) is 24.1 Å². The van der Waals surface area contributed by atoms with Crippen LogP contribution >= 0.6 is 0 Å². The molecule has 0 aliphatic carbocycles. The number of nitrogens with zero attached hydrogens (tertiary/aromatic N) is 3. The molecule has 1 aromatic heterocycles. The fraction of sp³-hybridized carbons (Fsp3) is 0.500. The van der Waals surface area contributed by atoms with Gasteiger partial charge < -0.3 is 4.90 Å². The van der Waals surface area contributed by atoms with Crippen LogP contribution in [0.2, 0.25) is 0 Å². The molecule has 10 heteroatoms. The Balaban J connectivity index is 2.40. The lowest BCUT2D eigenvalue weighted by molar-refractivity contribution is -0.141. The number of anilines is 1. The van der Waals surface area contributed by atoms with E-state index in [-0.39, 0.29) is 17.9 Å². The van der Waals surface area contributed by atoms with Gasteiger partial charge in [-0.2, -0.15) is 18.4 Å². The summed E-state index contributed by atoms with van der Waals surface area (Å²) < 4.78 is 61.1. The Morgan fingerprint density at radius 1 is 1.41 bits per heavy atom. The van der Waals surface area contributed by atoms with Gasteiger partial charge in [-0.05, 0) is 25.0 Å². The SMILES string of the molecule is N#Cc1ccc(C(F)(F)F)nc1N1CCC[C@H](S(N)(=O)=O)C1. The highest BCUT2D eigenvalue weighted by Crippen LogP contribution is 2.31. The van der Waals surface area contributed by atoms with Crippen LogP contribution in [0.3, 0.4) is 0 Å². The number of pyridine rings is 1. The largest absolute Gasteiger partial charge is 0.433 e. The third-order valence-corrected chi connectivity index (χ3v) is 4.74. The van der Waals surface area contributed by atoms with Crippen molar-refractivity contribution in [2.75, 3.05) is 18.0 Å². The molecule has 1 aliphatic heterocycles. The van der Waals surface area contributed by atoms with Gasteiger partial charge >= 0.3 is 6.18 Å². The van der Waals surface area contributed by atoms with Crippen LogP contribution in [0, 0.1) is 11.3 Å². The van der Waals surface area contributed by atoms with E-state index in [1.165, 1.54) is 4.90 Å². The molecule has 22 heavy (non-hydrogen) atoms. The lowest BCUT2D eigenvalue weighted by atomic mass is 10.1. The highest BCUT2D eigenvalue weighted by atomic mass is 32.2. The lowest BCUT2D eigenvalue weighted by Gasteiger charge is -2.33. The van der Waals surface area contributed by atoms with Crippen molar-refractivity contribution in [3.63, 3.8) is 0 Å². The molecule has 0 saturated carbocycles. The number of hydrogen-bond donors (Lipinski definition) is 1. The van der Waals surface area contributed by atoms with Gasteiger partial charge in [-0.3, -0.25) is 0 Å². The third-order valence-electron chi connectivity index (χ3n) is 3.43. The molecule has 0 unspecified atom stereocenters. The average Bonchev–Trinajstić information content (AvgIpc) is 2.45. The fourth-order valence-corrected chi connectivity index (χ4v) is 3.22. The van der Waals surface area contributed by atoms with Gasteiger partial charge in [-0.1, -0.05) is 0 Å². The third kappa shape index (κ3) is 3.48. The first-order chi connectivity index (χ1) is 10.1. The van der Waals surface area contributed by atoms with Gasteiger partial charge in [-0.15, -0.1) is 0 Å². The maximum Gasteiger partial charge on any atom is 0.433 e. The first-order valence-corrected chi connectivity index (χ1v) is 7.99. The fourth-order valence-electron chi connectivity index (χ4n) is 2.33. The predicted molar refractivity (Wildman–Crippen MR) is 72.3 cm³/mol. The van der Waals surface area contributed by atoms with Gasteiger partial charge in [0.2, 0.25) is 10.0 Å². The minimum atomic E-state index is -4.64. The van der Waals surface area contributed by atoms with E-state index in [1.807, 2.05) is 0 Å². The van der Waals surface area contributed by atoms with Crippen molar-refractivity contribution in [2.45, 2.75) is 24.3 Å². The second-order valence-electron chi connectivity index (χ2n) is 4.98. The quantitative estimate of drug-likeness (QED) is 0.877. The molecule has 1 saturated heterocycles. The van der Waals surface area contributed by atoms with Crippen molar-refractivity contribution in [1.82, 2.24) is 4.98 Å². The Morgan fingerprint density at radius 2 is 2.09 bits per heavy atom.